The SMILES string of the molecule is CC(=O)NN[C@@H]1O[C@H](CO)[C@@H](O[C@@H]2O[C@H](CO)[C@@H](O)[C@H](O)[C@H]2N)[C@H](O)[C@H]1N. The molecule has 158 valence electrons. The smallest absolute Gasteiger partial charge is 0.231 e. The first-order valence-electron chi connectivity index (χ1n) is 8.46. The molecular formula is C14H28N4O9. The molecule has 10 atom stereocenters. The Morgan fingerprint density at radius 1 is 1.00 bits per heavy atom. The van der Waals surface area contributed by atoms with Crippen molar-refractivity contribution in [1.82, 2.24) is 10.9 Å². The van der Waals surface area contributed by atoms with Crippen LogP contribution in [-0.4, -0.2) is 106 Å². The highest BCUT2D eigenvalue weighted by Crippen LogP contribution is 2.27. The zero-order valence-electron chi connectivity index (χ0n) is 14.7. The van der Waals surface area contributed by atoms with Crippen LogP contribution in [0.5, 0.6) is 0 Å². The van der Waals surface area contributed by atoms with Crippen molar-refractivity contribution in [2.45, 2.75) is 68.1 Å². The van der Waals surface area contributed by atoms with Gasteiger partial charge in [-0.2, -0.15) is 0 Å². The van der Waals surface area contributed by atoms with Crippen LogP contribution < -0.4 is 22.3 Å². The Morgan fingerprint density at radius 2 is 1.63 bits per heavy atom. The standard InChI is InChI=1S/C14H28N4O9/c1-4(21)17-18-13-7(15)11(24)12(6(3-20)25-13)27-14-8(16)10(23)9(22)5(2-19)26-14/h5-14,18-20,22-24H,2-3,15-16H2,1H3,(H,17,21)/t5-,6-,7-,8-,9-,10-,11-,12-,13-,14+/m1/s1. The fourth-order valence-corrected chi connectivity index (χ4v) is 2.97. The monoisotopic (exact) mass is 396 g/mol. The van der Waals surface area contributed by atoms with Crippen LogP contribution in [-0.2, 0) is 19.0 Å². The van der Waals surface area contributed by atoms with Crippen LogP contribution in [0.3, 0.4) is 0 Å². The molecule has 1 amide bonds. The van der Waals surface area contributed by atoms with E-state index in [0.717, 1.165) is 0 Å². The van der Waals surface area contributed by atoms with E-state index in [2.05, 4.69) is 10.9 Å². The Labute approximate surface area is 155 Å². The molecule has 0 unspecified atom stereocenters. The van der Waals surface area contributed by atoms with Crippen molar-refractivity contribution in [3.63, 3.8) is 0 Å². The van der Waals surface area contributed by atoms with Crippen LogP contribution in [0.15, 0.2) is 0 Å². The van der Waals surface area contributed by atoms with Gasteiger partial charge in [0.15, 0.2) is 6.29 Å². The van der Waals surface area contributed by atoms with E-state index in [1.54, 1.807) is 0 Å². The summed E-state index contributed by atoms with van der Waals surface area (Å²) in [4.78, 5) is 11.0. The third-order valence-corrected chi connectivity index (χ3v) is 4.56. The van der Waals surface area contributed by atoms with Gasteiger partial charge in [0.25, 0.3) is 0 Å². The number of hydrogen-bond acceptors (Lipinski definition) is 12. The average Bonchev–Trinajstić information content (AvgIpc) is 2.64. The van der Waals surface area contributed by atoms with E-state index in [9.17, 15) is 30.3 Å². The predicted molar refractivity (Wildman–Crippen MR) is 87.3 cm³/mol. The minimum atomic E-state index is -1.45. The number of nitrogens with one attached hydrogen (secondary N) is 2. The van der Waals surface area contributed by atoms with Gasteiger partial charge in [-0.25, -0.2) is 5.43 Å². The maximum atomic E-state index is 11.0. The maximum absolute atomic E-state index is 11.0. The number of aliphatic hydroxyl groups is 5. The highest BCUT2D eigenvalue weighted by Gasteiger charge is 2.49. The summed E-state index contributed by atoms with van der Waals surface area (Å²) in [6.07, 6.45) is -9.98. The van der Waals surface area contributed by atoms with E-state index in [1.165, 1.54) is 6.92 Å². The van der Waals surface area contributed by atoms with Gasteiger partial charge in [0, 0.05) is 6.92 Å². The second-order valence-corrected chi connectivity index (χ2v) is 6.56. The number of carbonyl (C=O) groups is 1. The second kappa shape index (κ2) is 9.49. The van der Waals surface area contributed by atoms with Crippen molar-refractivity contribution < 1.29 is 44.5 Å². The maximum Gasteiger partial charge on any atom is 0.231 e. The molecule has 2 fully saturated rings. The number of amides is 1. The zero-order chi connectivity index (χ0) is 20.3. The molecule has 2 aliphatic heterocycles. The lowest BCUT2D eigenvalue weighted by atomic mass is 9.95. The molecule has 11 N–H and O–H groups in total. The van der Waals surface area contributed by atoms with Crippen LogP contribution in [0.4, 0.5) is 0 Å². The molecule has 2 aliphatic rings. The number of hydrogen-bond donors (Lipinski definition) is 9. The summed E-state index contributed by atoms with van der Waals surface area (Å²) in [5.41, 5.74) is 16.5. The van der Waals surface area contributed by atoms with Gasteiger partial charge in [0.05, 0.1) is 25.3 Å². The summed E-state index contributed by atoms with van der Waals surface area (Å²) in [6, 6.07) is -2.26. The number of carbonyl (C=O) groups excluding carboxylic acids is 1. The van der Waals surface area contributed by atoms with Gasteiger partial charge < -0.3 is 51.2 Å². The van der Waals surface area contributed by atoms with Crippen molar-refractivity contribution in [3.05, 3.63) is 0 Å². The number of rotatable bonds is 6. The summed E-state index contributed by atoms with van der Waals surface area (Å²) in [5.74, 6) is -0.414. The van der Waals surface area contributed by atoms with E-state index in [0.29, 0.717) is 0 Å². The first-order valence-corrected chi connectivity index (χ1v) is 8.46. The summed E-state index contributed by atoms with van der Waals surface area (Å²) >= 11 is 0. The van der Waals surface area contributed by atoms with Gasteiger partial charge in [-0.1, -0.05) is 0 Å². The number of nitrogens with two attached hydrogens (primary N) is 2. The van der Waals surface area contributed by atoms with E-state index in [1.807, 2.05) is 0 Å². The Hall–Kier alpha value is -0.970. The molecule has 27 heavy (non-hydrogen) atoms. The normalized spacial score (nSPS) is 45.5. The van der Waals surface area contributed by atoms with Crippen LogP contribution in [0.1, 0.15) is 6.92 Å². The minimum absolute atomic E-state index is 0.414. The van der Waals surface area contributed by atoms with Gasteiger partial charge in [-0.05, 0) is 0 Å². The molecule has 0 aromatic rings. The van der Waals surface area contributed by atoms with Crippen LogP contribution in [0.2, 0.25) is 0 Å². The minimum Gasteiger partial charge on any atom is -0.394 e. The van der Waals surface area contributed by atoms with Crippen molar-refractivity contribution >= 4 is 5.91 Å². The highest BCUT2D eigenvalue weighted by molar-refractivity contribution is 5.72. The average molecular weight is 396 g/mol. The number of ether oxygens (including phenoxy) is 3. The number of aliphatic hydroxyl groups excluding tert-OH is 5. The van der Waals surface area contributed by atoms with Gasteiger partial charge in [0.2, 0.25) is 5.91 Å². The Morgan fingerprint density at radius 3 is 2.19 bits per heavy atom. The molecule has 0 spiro atoms. The second-order valence-electron chi connectivity index (χ2n) is 6.56. The van der Waals surface area contributed by atoms with E-state index in [4.69, 9.17) is 25.7 Å². The highest BCUT2D eigenvalue weighted by atomic mass is 16.7. The van der Waals surface area contributed by atoms with Gasteiger partial charge in [0.1, 0.15) is 42.9 Å². The molecule has 2 saturated heterocycles. The largest absolute Gasteiger partial charge is 0.394 e. The molecule has 2 rings (SSSR count). The molecule has 13 nitrogen and oxygen atoms in total. The topological polar surface area (TPSA) is 222 Å². The van der Waals surface area contributed by atoms with Crippen molar-refractivity contribution in [2.75, 3.05) is 13.2 Å². The molecule has 0 bridgehead atoms. The van der Waals surface area contributed by atoms with Crippen LogP contribution in [0.25, 0.3) is 0 Å². The Bertz CT molecular complexity index is 497. The Kier molecular flexibility index (Phi) is 7.84. The van der Waals surface area contributed by atoms with E-state index < -0.39 is 80.3 Å². The molecular weight excluding hydrogens is 368 g/mol. The first-order chi connectivity index (χ1) is 12.7. The molecule has 0 saturated carbocycles. The Balaban J connectivity index is 2.09. The lowest BCUT2D eigenvalue weighted by molar-refractivity contribution is -0.312. The summed E-state index contributed by atoms with van der Waals surface area (Å²) in [5, 5.41) is 49.1. The quantitative estimate of drug-likeness (QED) is 0.192. The summed E-state index contributed by atoms with van der Waals surface area (Å²) < 4.78 is 16.5. The summed E-state index contributed by atoms with van der Waals surface area (Å²) in [7, 11) is 0. The summed E-state index contributed by atoms with van der Waals surface area (Å²) in [6.45, 7) is 0.0930. The van der Waals surface area contributed by atoms with Crippen molar-refractivity contribution in [3.8, 4) is 0 Å². The fraction of sp³-hybridized carbons (Fsp3) is 0.929. The van der Waals surface area contributed by atoms with Gasteiger partial charge in [-0.15, -0.1) is 0 Å². The number of hydrazine groups is 1. The molecule has 0 aliphatic carbocycles. The molecule has 0 aromatic carbocycles. The van der Waals surface area contributed by atoms with Crippen molar-refractivity contribution in [2.24, 2.45) is 11.5 Å². The third-order valence-electron chi connectivity index (χ3n) is 4.56. The third kappa shape index (κ3) is 4.90. The van der Waals surface area contributed by atoms with E-state index in [-0.39, 0.29) is 0 Å². The molecule has 0 aromatic heterocycles. The lowest BCUT2D eigenvalue weighted by Crippen LogP contribution is -2.70. The molecule has 2 heterocycles. The lowest BCUT2D eigenvalue weighted by Gasteiger charge is -2.46. The van der Waals surface area contributed by atoms with Crippen LogP contribution >= 0.6 is 0 Å². The van der Waals surface area contributed by atoms with E-state index >= 15 is 0 Å². The van der Waals surface area contributed by atoms with Crippen LogP contribution in [0, 0.1) is 0 Å². The fourth-order valence-electron chi connectivity index (χ4n) is 2.97. The first kappa shape index (κ1) is 22.3. The molecule has 0 radical (unpaired) electrons. The predicted octanol–water partition coefficient (Wildman–Crippen LogP) is -5.82. The van der Waals surface area contributed by atoms with Crippen molar-refractivity contribution in [1.29, 1.82) is 0 Å². The zero-order valence-corrected chi connectivity index (χ0v) is 14.7. The molecule has 13 heteroatoms. The van der Waals surface area contributed by atoms with Gasteiger partial charge in [-0.3, -0.25) is 10.2 Å². The van der Waals surface area contributed by atoms with Gasteiger partial charge >= 0.3 is 0 Å².